The third-order valence-corrected chi connectivity index (χ3v) is 3.81. The average Bonchev–Trinajstić information content (AvgIpc) is 2.93. The van der Waals surface area contributed by atoms with Crippen molar-refractivity contribution in [2.24, 2.45) is 5.92 Å². The first-order chi connectivity index (χ1) is 9.72. The van der Waals surface area contributed by atoms with Crippen molar-refractivity contribution in [3.63, 3.8) is 0 Å². The van der Waals surface area contributed by atoms with Crippen LogP contribution < -0.4 is 4.90 Å². The predicted octanol–water partition coefficient (Wildman–Crippen LogP) is 2.32. The number of nitrogens with zero attached hydrogens (tertiary/aromatic N) is 3. The van der Waals surface area contributed by atoms with Crippen LogP contribution in [0.5, 0.6) is 0 Å². The monoisotopic (exact) mass is 271 g/mol. The van der Waals surface area contributed by atoms with E-state index >= 15 is 0 Å². The van der Waals surface area contributed by atoms with E-state index in [1.165, 1.54) is 0 Å². The van der Waals surface area contributed by atoms with Crippen LogP contribution in [-0.4, -0.2) is 34.1 Å². The minimum atomic E-state index is -0.717. The van der Waals surface area contributed by atoms with Crippen molar-refractivity contribution in [3.8, 4) is 0 Å². The zero-order chi connectivity index (χ0) is 13.9. The summed E-state index contributed by atoms with van der Waals surface area (Å²) in [6, 6.07) is 7.93. The van der Waals surface area contributed by atoms with Gasteiger partial charge >= 0.3 is 5.97 Å². The van der Waals surface area contributed by atoms with E-state index in [2.05, 4.69) is 14.9 Å². The summed E-state index contributed by atoms with van der Waals surface area (Å²) >= 11 is 0. The maximum absolute atomic E-state index is 10.6. The Labute approximate surface area is 117 Å². The van der Waals surface area contributed by atoms with Gasteiger partial charge in [0.2, 0.25) is 5.95 Å². The number of aliphatic carboxylic acids is 1. The highest BCUT2D eigenvalue weighted by atomic mass is 16.4. The molecular weight excluding hydrogens is 254 g/mol. The quantitative estimate of drug-likeness (QED) is 0.924. The first-order valence-corrected chi connectivity index (χ1v) is 6.91. The Bertz CT molecular complexity index is 629. The molecule has 0 radical (unpaired) electrons. The van der Waals surface area contributed by atoms with Crippen molar-refractivity contribution < 1.29 is 9.90 Å². The molecule has 1 fully saturated rings. The zero-order valence-corrected chi connectivity index (χ0v) is 11.2. The summed E-state index contributed by atoms with van der Waals surface area (Å²) in [4.78, 5) is 21.8. The summed E-state index contributed by atoms with van der Waals surface area (Å²) < 4.78 is 0. The summed E-state index contributed by atoms with van der Waals surface area (Å²) in [5, 5.41) is 9.78. The van der Waals surface area contributed by atoms with Crippen LogP contribution in [0.4, 0.5) is 5.95 Å². The highest BCUT2D eigenvalue weighted by Crippen LogP contribution is 2.25. The van der Waals surface area contributed by atoms with Crippen molar-refractivity contribution in [3.05, 3.63) is 30.5 Å². The lowest BCUT2D eigenvalue weighted by molar-refractivity contribution is -0.137. The number of carboxylic acids is 1. The Balaban J connectivity index is 1.71. The number of hydrogen-bond acceptors (Lipinski definition) is 4. The molecule has 5 nitrogen and oxygen atoms in total. The maximum atomic E-state index is 10.6. The van der Waals surface area contributed by atoms with Gasteiger partial charge in [0.05, 0.1) is 5.52 Å². The van der Waals surface area contributed by atoms with Crippen LogP contribution in [0.25, 0.3) is 10.9 Å². The number of anilines is 1. The summed E-state index contributed by atoms with van der Waals surface area (Å²) in [7, 11) is 0. The van der Waals surface area contributed by atoms with E-state index in [1.807, 2.05) is 30.5 Å². The first kappa shape index (κ1) is 12.8. The predicted molar refractivity (Wildman–Crippen MR) is 76.7 cm³/mol. The van der Waals surface area contributed by atoms with E-state index in [4.69, 9.17) is 5.11 Å². The van der Waals surface area contributed by atoms with Crippen LogP contribution in [0.3, 0.4) is 0 Å². The van der Waals surface area contributed by atoms with Crippen molar-refractivity contribution >= 4 is 22.8 Å². The summed E-state index contributed by atoms with van der Waals surface area (Å²) in [5.74, 6) is 0.466. The number of rotatable bonds is 4. The number of benzene rings is 1. The lowest BCUT2D eigenvalue weighted by Crippen LogP contribution is -2.22. The Morgan fingerprint density at radius 1 is 1.40 bits per heavy atom. The molecular formula is C15H17N3O2. The molecule has 0 amide bonds. The number of carbonyl (C=O) groups is 1. The summed E-state index contributed by atoms with van der Waals surface area (Å²) in [6.45, 7) is 1.76. The molecule has 2 heterocycles. The molecule has 1 aliphatic heterocycles. The summed E-state index contributed by atoms with van der Waals surface area (Å²) in [6.07, 6.45) is 3.85. The fraction of sp³-hybridized carbons (Fsp3) is 0.400. The van der Waals surface area contributed by atoms with E-state index in [9.17, 15) is 4.79 Å². The third-order valence-electron chi connectivity index (χ3n) is 3.81. The third kappa shape index (κ3) is 2.71. The standard InChI is InChI=1S/C15H17N3O2/c19-14(20)6-5-11-7-8-18(10-11)15-16-9-12-3-1-2-4-13(12)17-15/h1-4,9,11H,5-8,10H2,(H,19,20). The van der Waals surface area contributed by atoms with E-state index in [-0.39, 0.29) is 6.42 Å². The van der Waals surface area contributed by atoms with Gasteiger partial charge in [-0.15, -0.1) is 0 Å². The topological polar surface area (TPSA) is 66.3 Å². The molecule has 0 saturated carbocycles. The van der Waals surface area contributed by atoms with Crippen molar-refractivity contribution in [2.45, 2.75) is 19.3 Å². The SMILES string of the molecule is O=C(O)CCC1CCN(c2ncc3ccccc3n2)C1. The molecule has 5 heteroatoms. The molecule has 1 saturated heterocycles. The largest absolute Gasteiger partial charge is 0.481 e. The van der Waals surface area contributed by atoms with Crippen molar-refractivity contribution in [1.82, 2.24) is 9.97 Å². The van der Waals surface area contributed by atoms with E-state index in [0.29, 0.717) is 5.92 Å². The highest BCUT2D eigenvalue weighted by Gasteiger charge is 2.24. The molecule has 0 bridgehead atoms. The van der Waals surface area contributed by atoms with Gasteiger partial charge in [-0.3, -0.25) is 4.79 Å². The first-order valence-electron chi connectivity index (χ1n) is 6.91. The van der Waals surface area contributed by atoms with Gasteiger partial charge in [-0.05, 0) is 24.8 Å². The van der Waals surface area contributed by atoms with Gasteiger partial charge in [-0.25, -0.2) is 9.97 Å². The second kappa shape index (κ2) is 5.45. The van der Waals surface area contributed by atoms with Gasteiger partial charge in [-0.1, -0.05) is 18.2 Å². The Morgan fingerprint density at radius 3 is 3.10 bits per heavy atom. The van der Waals surface area contributed by atoms with Gasteiger partial charge in [0.1, 0.15) is 0 Å². The zero-order valence-electron chi connectivity index (χ0n) is 11.2. The molecule has 0 spiro atoms. The molecule has 3 rings (SSSR count). The second-order valence-electron chi connectivity index (χ2n) is 5.26. The minimum absolute atomic E-state index is 0.247. The van der Waals surface area contributed by atoms with Crippen LogP contribution in [0.1, 0.15) is 19.3 Å². The van der Waals surface area contributed by atoms with E-state index in [1.54, 1.807) is 0 Å². The van der Waals surface area contributed by atoms with Gasteiger partial charge in [0, 0.05) is 31.1 Å². The molecule has 1 aliphatic rings. The molecule has 2 aromatic rings. The van der Waals surface area contributed by atoms with Crippen LogP contribution in [0, 0.1) is 5.92 Å². The second-order valence-corrected chi connectivity index (χ2v) is 5.26. The molecule has 1 N–H and O–H groups in total. The van der Waals surface area contributed by atoms with Crippen LogP contribution >= 0.6 is 0 Å². The number of aromatic nitrogens is 2. The molecule has 0 aliphatic carbocycles. The van der Waals surface area contributed by atoms with Gasteiger partial charge in [-0.2, -0.15) is 0 Å². The van der Waals surface area contributed by atoms with E-state index < -0.39 is 5.97 Å². The molecule has 20 heavy (non-hydrogen) atoms. The molecule has 1 aromatic heterocycles. The Morgan fingerprint density at radius 2 is 2.25 bits per heavy atom. The minimum Gasteiger partial charge on any atom is -0.481 e. The van der Waals surface area contributed by atoms with E-state index in [0.717, 1.165) is 42.8 Å². The smallest absolute Gasteiger partial charge is 0.303 e. The number of hydrogen-bond donors (Lipinski definition) is 1. The van der Waals surface area contributed by atoms with Crippen LogP contribution in [-0.2, 0) is 4.79 Å². The number of carboxylic acid groups (broad SMARTS) is 1. The average molecular weight is 271 g/mol. The van der Waals surface area contributed by atoms with Crippen molar-refractivity contribution in [1.29, 1.82) is 0 Å². The molecule has 1 aromatic carbocycles. The number of para-hydroxylation sites is 1. The summed E-state index contributed by atoms with van der Waals surface area (Å²) in [5.41, 5.74) is 0.950. The maximum Gasteiger partial charge on any atom is 0.303 e. The normalized spacial score (nSPS) is 18.6. The van der Waals surface area contributed by atoms with Gasteiger partial charge in [0.15, 0.2) is 0 Å². The Hall–Kier alpha value is -2.17. The Kier molecular flexibility index (Phi) is 3.50. The fourth-order valence-corrected chi connectivity index (χ4v) is 2.69. The molecule has 104 valence electrons. The van der Waals surface area contributed by atoms with Crippen LogP contribution in [0.15, 0.2) is 30.5 Å². The number of fused-ring (bicyclic) bond motifs is 1. The lowest BCUT2D eigenvalue weighted by atomic mass is 10.0. The fourth-order valence-electron chi connectivity index (χ4n) is 2.69. The van der Waals surface area contributed by atoms with Crippen molar-refractivity contribution in [2.75, 3.05) is 18.0 Å². The van der Waals surface area contributed by atoms with Gasteiger partial charge in [0.25, 0.3) is 0 Å². The highest BCUT2D eigenvalue weighted by molar-refractivity contribution is 5.78. The molecule has 1 unspecified atom stereocenters. The lowest BCUT2D eigenvalue weighted by Gasteiger charge is -2.16. The van der Waals surface area contributed by atoms with Gasteiger partial charge < -0.3 is 10.0 Å². The molecule has 1 atom stereocenters. The van der Waals surface area contributed by atoms with Crippen LogP contribution in [0.2, 0.25) is 0 Å².